The molecule has 140 valence electrons. The van der Waals surface area contributed by atoms with Crippen LogP contribution in [0.1, 0.15) is 17.8 Å². The van der Waals surface area contributed by atoms with Crippen molar-refractivity contribution in [2.45, 2.75) is 26.3 Å². The molecular formula is C17H24N6O2S. The minimum absolute atomic E-state index is 0.176. The zero-order valence-corrected chi connectivity index (χ0v) is 16.0. The van der Waals surface area contributed by atoms with Crippen molar-refractivity contribution in [3.05, 3.63) is 29.8 Å². The second kappa shape index (κ2) is 6.62. The summed E-state index contributed by atoms with van der Waals surface area (Å²) >= 11 is 0. The summed E-state index contributed by atoms with van der Waals surface area (Å²) in [6.45, 7) is 7.33. The minimum atomic E-state index is -2.84. The second-order valence-corrected chi connectivity index (χ2v) is 9.30. The van der Waals surface area contributed by atoms with Gasteiger partial charge in [0.05, 0.1) is 11.5 Å². The number of sulfone groups is 1. The van der Waals surface area contributed by atoms with Crippen LogP contribution in [0.3, 0.4) is 0 Å². The third kappa shape index (κ3) is 3.33. The van der Waals surface area contributed by atoms with Crippen molar-refractivity contribution in [2.24, 2.45) is 0 Å². The number of hydrogen-bond donors (Lipinski definition) is 0. The summed E-state index contributed by atoms with van der Waals surface area (Å²) < 4.78 is 25.2. The largest absolute Gasteiger partial charge is 0.354 e. The summed E-state index contributed by atoms with van der Waals surface area (Å²) in [4.78, 5) is 13.8. The highest BCUT2D eigenvalue weighted by Crippen LogP contribution is 2.25. The standard InChI is InChI=1S/C17H24N6O2S/c1-13-16(19-14(2)20-17(13)23-6-3-5-18-23)22-9-7-21(8-10-22)15-4-11-26(24,25)12-15/h3,5-6,15H,4,7-12H2,1-2H3/t15-/m0/s1. The maximum atomic E-state index is 11.7. The van der Waals surface area contributed by atoms with Crippen molar-refractivity contribution in [1.29, 1.82) is 0 Å². The monoisotopic (exact) mass is 376 g/mol. The van der Waals surface area contributed by atoms with Crippen LogP contribution in [-0.4, -0.2) is 76.8 Å². The Kier molecular flexibility index (Phi) is 4.44. The topological polar surface area (TPSA) is 84.2 Å². The number of piperazine rings is 1. The van der Waals surface area contributed by atoms with Gasteiger partial charge in [-0.05, 0) is 26.3 Å². The highest BCUT2D eigenvalue weighted by atomic mass is 32.2. The maximum Gasteiger partial charge on any atom is 0.162 e. The fourth-order valence-corrected chi connectivity index (χ4v) is 5.65. The van der Waals surface area contributed by atoms with Gasteiger partial charge in [0.15, 0.2) is 15.7 Å². The summed E-state index contributed by atoms with van der Waals surface area (Å²) in [7, 11) is -2.84. The lowest BCUT2D eigenvalue weighted by Gasteiger charge is -2.38. The fraction of sp³-hybridized carbons (Fsp3) is 0.588. The summed E-state index contributed by atoms with van der Waals surface area (Å²) in [5.74, 6) is 3.11. The highest BCUT2D eigenvalue weighted by molar-refractivity contribution is 7.91. The molecule has 0 unspecified atom stereocenters. The molecule has 0 bridgehead atoms. The number of nitrogens with zero attached hydrogens (tertiary/aromatic N) is 6. The van der Waals surface area contributed by atoms with Gasteiger partial charge in [-0.15, -0.1) is 0 Å². The Hall–Kier alpha value is -2.00. The molecule has 2 aromatic heterocycles. The van der Waals surface area contributed by atoms with Crippen molar-refractivity contribution >= 4 is 15.7 Å². The van der Waals surface area contributed by atoms with Gasteiger partial charge < -0.3 is 4.90 Å². The number of rotatable bonds is 3. The van der Waals surface area contributed by atoms with Gasteiger partial charge in [0.25, 0.3) is 0 Å². The lowest BCUT2D eigenvalue weighted by molar-refractivity contribution is 0.200. The van der Waals surface area contributed by atoms with Gasteiger partial charge in [0.2, 0.25) is 0 Å². The first kappa shape index (κ1) is 17.4. The van der Waals surface area contributed by atoms with Crippen molar-refractivity contribution < 1.29 is 8.42 Å². The number of aromatic nitrogens is 4. The van der Waals surface area contributed by atoms with Crippen LogP contribution in [0.2, 0.25) is 0 Å². The third-order valence-electron chi connectivity index (χ3n) is 5.27. The first-order chi connectivity index (χ1) is 12.4. The van der Waals surface area contributed by atoms with Gasteiger partial charge in [0, 0.05) is 50.2 Å². The number of hydrogen-bond acceptors (Lipinski definition) is 7. The van der Waals surface area contributed by atoms with Crippen molar-refractivity contribution in [3.63, 3.8) is 0 Å². The Morgan fingerprint density at radius 2 is 1.81 bits per heavy atom. The van der Waals surface area contributed by atoms with E-state index in [-0.39, 0.29) is 6.04 Å². The molecule has 2 saturated heterocycles. The van der Waals surface area contributed by atoms with E-state index in [9.17, 15) is 8.42 Å². The lowest BCUT2D eigenvalue weighted by Crippen LogP contribution is -2.51. The SMILES string of the molecule is Cc1nc(N2CCN([C@H]3CCS(=O)(=O)C3)CC2)c(C)c(-n2cccn2)n1. The molecule has 0 amide bonds. The summed E-state index contributed by atoms with van der Waals surface area (Å²) in [6, 6.07) is 2.06. The predicted molar refractivity (Wildman–Crippen MR) is 99.5 cm³/mol. The molecule has 2 aromatic rings. The molecule has 0 saturated carbocycles. The predicted octanol–water partition coefficient (Wildman–Crippen LogP) is 0.588. The second-order valence-electron chi connectivity index (χ2n) is 7.07. The van der Waals surface area contributed by atoms with Crippen LogP contribution < -0.4 is 4.90 Å². The molecule has 2 fully saturated rings. The van der Waals surface area contributed by atoms with E-state index in [1.807, 2.05) is 26.1 Å². The molecule has 0 N–H and O–H groups in total. The molecule has 2 aliphatic rings. The van der Waals surface area contributed by atoms with E-state index in [1.54, 1.807) is 10.9 Å². The van der Waals surface area contributed by atoms with Crippen LogP contribution in [0.25, 0.3) is 5.82 Å². The van der Waals surface area contributed by atoms with Crippen LogP contribution in [0.15, 0.2) is 18.5 Å². The average Bonchev–Trinajstić information content (AvgIpc) is 3.26. The molecule has 8 nitrogen and oxygen atoms in total. The van der Waals surface area contributed by atoms with Gasteiger partial charge in [-0.3, -0.25) is 4.90 Å². The van der Waals surface area contributed by atoms with Crippen molar-refractivity contribution in [2.75, 3.05) is 42.6 Å². The van der Waals surface area contributed by atoms with E-state index >= 15 is 0 Å². The first-order valence-corrected chi connectivity index (χ1v) is 10.8. The van der Waals surface area contributed by atoms with Gasteiger partial charge in [-0.2, -0.15) is 5.10 Å². The Morgan fingerprint density at radius 1 is 1.08 bits per heavy atom. The molecule has 1 atom stereocenters. The summed E-state index contributed by atoms with van der Waals surface area (Å²) in [5, 5.41) is 4.30. The highest BCUT2D eigenvalue weighted by Gasteiger charge is 2.34. The molecule has 9 heteroatoms. The van der Waals surface area contributed by atoms with Crippen LogP contribution >= 0.6 is 0 Å². The quantitative estimate of drug-likeness (QED) is 0.775. The number of anilines is 1. The van der Waals surface area contributed by atoms with Gasteiger partial charge in [0.1, 0.15) is 11.6 Å². The summed E-state index contributed by atoms with van der Waals surface area (Å²) in [6.07, 6.45) is 4.39. The molecule has 0 aliphatic carbocycles. The zero-order valence-electron chi connectivity index (χ0n) is 15.2. The van der Waals surface area contributed by atoms with Gasteiger partial charge in [-0.1, -0.05) is 0 Å². The smallest absolute Gasteiger partial charge is 0.162 e. The van der Waals surface area contributed by atoms with Crippen molar-refractivity contribution in [1.82, 2.24) is 24.6 Å². The molecule has 26 heavy (non-hydrogen) atoms. The van der Waals surface area contributed by atoms with Crippen LogP contribution in [0.5, 0.6) is 0 Å². The van der Waals surface area contributed by atoms with Crippen LogP contribution in [-0.2, 0) is 9.84 Å². The van der Waals surface area contributed by atoms with Crippen LogP contribution in [0.4, 0.5) is 5.82 Å². The average molecular weight is 376 g/mol. The van der Waals surface area contributed by atoms with E-state index in [2.05, 4.69) is 24.9 Å². The molecule has 0 aromatic carbocycles. The minimum Gasteiger partial charge on any atom is -0.354 e. The normalized spacial score (nSPS) is 23.5. The lowest BCUT2D eigenvalue weighted by atomic mass is 10.2. The fourth-order valence-electron chi connectivity index (χ4n) is 3.89. The zero-order chi connectivity index (χ0) is 18.3. The van der Waals surface area contributed by atoms with E-state index in [0.717, 1.165) is 55.6 Å². The van der Waals surface area contributed by atoms with E-state index in [1.165, 1.54) is 0 Å². The molecule has 2 aliphatic heterocycles. The summed E-state index contributed by atoms with van der Waals surface area (Å²) in [5.41, 5.74) is 1.01. The number of aryl methyl sites for hydroxylation is 1. The Labute approximate surface area is 153 Å². The van der Waals surface area contributed by atoms with Gasteiger partial charge >= 0.3 is 0 Å². The molecular weight excluding hydrogens is 352 g/mol. The maximum absolute atomic E-state index is 11.7. The van der Waals surface area contributed by atoms with E-state index in [4.69, 9.17) is 0 Å². The van der Waals surface area contributed by atoms with Crippen LogP contribution in [0, 0.1) is 13.8 Å². The Balaban J connectivity index is 1.51. The molecule has 4 rings (SSSR count). The molecule has 0 spiro atoms. The molecule has 4 heterocycles. The molecule has 0 radical (unpaired) electrons. The Bertz CT molecular complexity index is 888. The first-order valence-electron chi connectivity index (χ1n) is 8.97. The Morgan fingerprint density at radius 3 is 2.42 bits per heavy atom. The van der Waals surface area contributed by atoms with Gasteiger partial charge in [-0.25, -0.2) is 23.1 Å². The van der Waals surface area contributed by atoms with E-state index < -0.39 is 9.84 Å². The van der Waals surface area contributed by atoms with E-state index in [0.29, 0.717) is 11.5 Å². The van der Waals surface area contributed by atoms with Crippen molar-refractivity contribution in [3.8, 4) is 5.82 Å². The third-order valence-corrected chi connectivity index (χ3v) is 7.02.